The molecule has 0 fully saturated rings. The van der Waals surface area contributed by atoms with Crippen LogP contribution in [0.15, 0.2) is 36.8 Å². The predicted molar refractivity (Wildman–Crippen MR) is 81.2 cm³/mol. The molecule has 0 saturated heterocycles. The van der Waals surface area contributed by atoms with E-state index in [1.54, 1.807) is 23.3 Å². The highest BCUT2D eigenvalue weighted by molar-refractivity contribution is 5.88. The number of nitrogens with two attached hydrogens (primary N) is 1. The van der Waals surface area contributed by atoms with Gasteiger partial charge in [-0.2, -0.15) is 18.3 Å². The van der Waals surface area contributed by atoms with E-state index >= 15 is 0 Å². The molecule has 0 aliphatic carbocycles. The fourth-order valence-electron chi connectivity index (χ4n) is 1.99. The van der Waals surface area contributed by atoms with E-state index in [4.69, 9.17) is 5.73 Å². The number of anilines is 1. The fourth-order valence-corrected chi connectivity index (χ4v) is 1.99. The summed E-state index contributed by atoms with van der Waals surface area (Å²) in [6.45, 7) is 0.259. The summed E-state index contributed by atoms with van der Waals surface area (Å²) in [6, 6.07) is 2.12. The lowest BCUT2D eigenvalue weighted by atomic mass is 10.2. The van der Waals surface area contributed by atoms with Gasteiger partial charge in [0.1, 0.15) is 6.04 Å². The molecule has 0 aromatic carbocycles. The summed E-state index contributed by atoms with van der Waals surface area (Å²) >= 11 is 0. The number of pyridine rings is 1. The summed E-state index contributed by atoms with van der Waals surface area (Å²) in [7, 11) is 0. The molecule has 7 nitrogen and oxygen atoms in total. The van der Waals surface area contributed by atoms with E-state index in [1.807, 2.05) is 17.4 Å². The summed E-state index contributed by atoms with van der Waals surface area (Å²) in [6.07, 6.45) is -0.0672. The number of nitrogens with one attached hydrogen (secondary N) is 2. The minimum absolute atomic E-state index is 0.148. The maximum absolute atomic E-state index is 12.7. The molecule has 4 N–H and O–H groups in total. The third-order valence-electron chi connectivity index (χ3n) is 3.13. The van der Waals surface area contributed by atoms with Crippen molar-refractivity contribution in [2.24, 2.45) is 5.73 Å². The second-order valence-corrected chi connectivity index (χ2v) is 5.02. The average Bonchev–Trinajstić information content (AvgIpc) is 2.94. The van der Waals surface area contributed by atoms with Crippen LogP contribution in [-0.2, 0) is 6.54 Å². The van der Waals surface area contributed by atoms with E-state index in [0.29, 0.717) is 6.54 Å². The SMILES string of the molecule is NCCC(NC(=O)Nc1ccn(Cc2ccncc2)n1)C(F)(F)F. The summed E-state index contributed by atoms with van der Waals surface area (Å²) in [4.78, 5) is 15.6. The van der Waals surface area contributed by atoms with Gasteiger partial charge in [-0.05, 0) is 30.7 Å². The lowest BCUT2D eigenvalue weighted by Gasteiger charge is -2.20. The van der Waals surface area contributed by atoms with Crippen LogP contribution in [0, 0.1) is 0 Å². The Kier molecular flexibility index (Phi) is 5.74. The summed E-state index contributed by atoms with van der Waals surface area (Å²) in [5.41, 5.74) is 6.09. The number of amides is 2. The molecule has 2 rings (SSSR count). The molecule has 2 amide bonds. The smallest absolute Gasteiger partial charge is 0.330 e. The highest BCUT2D eigenvalue weighted by atomic mass is 19.4. The molecular formula is C14H17F3N6O. The Morgan fingerprint density at radius 3 is 2.62 bits per heavy atom. The van der Waals surface area contributed by atoms with Gasteiger partial charge in [0.25, 0.3) is 0 Å². The molecule has 0 saturated carbocycles. The second kappa shape index (κ2) is 7.77. The minimum Gasteiger partial charge on any atom is -0.330 e. The Morgan fingerprint density at radius 1 is 1.29 bits per heavy atom. The summed E-state index contributed by atoms with van der Waals surface area (Å²) in [5.74, 6) is 0.148. The van der Waals surface area contributed by atoms with Gasteiger partial charge in [0, 0.05) is 24.7 Å². The van der Waals surface area contributed by atoms with Crippen molar-refractivity contribution in [1.82, 2.24) is 20.1 Å². The van der Waals surface area contributed by atoms with E-state index in [0.717, 1.165) is 5.56 Å². The van der Waals surface area contributed by atoms with Crippen LogP contribution in [-0.4, -0.2) is 39.6 Å². The number of hydrogen-bond acceptors (Lipinski definition) is 4. The highest BCUT2D eigenvalue weighted by Gasteiger charge is 2.40. The molecule has 2 aromatic rings. The van der Waals surface area contributed by atoms with Gasteiger partial charge in [-0.1, -0.05) is 0 Å². The van der Waals surface area contributed by atoms with Crippen molar-refractivity contribution in [2.75, 3.05) is 11.9 Å². The zero-order valence-electron chi connectivity index (χ0n) is 12.6. The van der Waals surface area contributed by atoms with Gasteiger partial charge in [0.15, 0.2) is 5.82 Å². The zero-order valence-corrected chi connectivity index (χ0v) is 12.6. The molecular weight excluding hydrogens is 325 g/mol. The molecule has 130 valence electrons. The third-order valence-corrected chi connectivity index (χ3v) is 3.13. The van der Waals surface area contributed by atoms with Crippen LogP contribution < -0.4 is 16.4 Å². The molecule has 10 heteroatoms. The topological polar surface area (TPSA) is 97.9 Å². The average molecular weight is 342 g/mol. The number of halogens is 3. The van der Waals surface area contributed by atoms with E-state index in [9.17, 15) is 18.0 Å². The third kappa shape index (κ3) is 5.23. The van der Waals surface area contributed by atoms with Gasteiger partial charge in [0.05, 0.1) is 6.54 Å². The molecule has 1 atom stereocenters. The van der Waals surface area contributed by atoms with Crippen LogP contribution in [0.2, 0.25) is 0 Å². The number of alkyl halides is 3. The normalized spacial score (nSPS) is 12.7. The lowest BCUT2D eigenvalue weighted by molar-refractivity contribution is -0.153. The molecule has 0 radical (unpaired) electrons. The van der Waals surface area contributed by atoms with Crippen molar-refractivity contribution in [2.45, 2.75) is 25.2 Å². The fraction of sp³-hybridized carbons (Fsp3) is 0.357. The van der Waals surface area contributed by atoms with Crippen molar-refractivity contribution in [1.29, 1.82) is 0 Å². The van der Waals surface area contributed by atoms with Crippen LogP contribution >= 0.6 is 0 Å². The number of hydrogen-bond donors (Lipinski definition) is 3. The van der Waals surface area contributed by atoms with Crippen molar-refractivity contribution >= 4 is 11.8 Å². The molecule has 1 unspecified atom stereocenters. The molecule has 0 bridgehead atoms. The van der Waals surface area contributed by atoms with Crippen molar-refractivity contribution in [3.8, 4) is 0 Å². The molecule has 2 aromatic heterocycles. The van der Waals surface area contributed by atoms with Crippen molar-refractivity contribution in [3.05, 3.63) is 42.4 Å². The van der Waals surface area contributed by atoms with E-state index < -0.39 is 24.7 Å². The van der Waals surface area contributed by atoms with Gasteiger partial charge in [-0.25, -0.2) is 4.79 Å². The number of aromatic nitrogens is 3. The number of rotatable bonds is 6. The molecule has 0 aliphatic rings. The van der Waals surface area contributed by atoms with E-state index in [1.165, 1.54) is 6.07 Å². The largest absolute Gasteiger partial charge is 0.408 e. The maximum Gasteiger partial charge on any atom is 0.408 e. The number of carbonyl (C=O) groups is 1. The molecule has 0 spiro atoms. The Bertz CT molecular complexity index is 658. The molecule has 2 heterocycles. The minimum atomic E-state index is -4.56. The first-order valence-corrected chi connectivity index (χ1v) is 7.15. The first kappa shape index (κ1) is 17.7. The first-order chi connectivity index (χ1) is 11.4. The van der Waals surface area contributed by atoms with Crippen LogP contribution in [0.1, 0.15) is 12.0 Å². The van der Waals surface area contributed by atoms with Crippen molar-refractivity contribution in [3.63, 3.8) is 0 Å². The quantitative estimate of drug-likeness (QED) is 0.745. The summed E-state index contributed by atoms with van der Waals surface area (Å²) < 4.78 is 39.7. The first-order valence-electron chi connectivity index (χ1n) is 7.15. The highest BCUT2D eigenvalue weighted by Crippen LogP contribution is 2.22. The van der Waals surface area contributed by atoms with E-state index in [-0.39, 0.29) is 12.4 Å². The van der Waals surface area contributed by atoms with Crippen LogP contribution in [0.25, 0.3) is 0 Å². The van der Waals surface area contributed by atoms with Gasteiger partial charge >= 0.3 is 12.2 Å². The number of urea groups is 1. The Morgan fingerprint density at radius 2 is 2.00 bits per heavy atom. The monoisotopic (exact) mass is 342 g/mol. The lowest BCUT2D eigenvalue weighted by Crippen LogP contribution is -2.48. The van der Waals surface area contributed by atoms with E-state index in [2.05, 4.69) is 15.4 Å². The van der Waals surface area contributed by atoms with Gasteiger partial charge < -0.3 is 11.1 Å². The number of carbonyl (C=O) groups excluding carboxylic acids is 1. The van der Waals surface area contributed by atoms with Crippen molar-refractivity contribution < 1.29 is 18.0 Å². The zero-order chi connectivity index (χ0) is 17.6. The summed E-state index contributed by atoms with van der Waals surface area (Å²) in [5, 5.41) is 8.21. The Balaban J connectivity index is 1.92. The maximum atomic E-state index is 12.7. The molecule has 0 aliphatic heterocycles. The molecule has 24 heavy (non-hydrogen) atoms. The van der Waals surface area contributed by atoms with Gasteiger partial charge in [-0.3, -0.25) is 15.0 Å². The van der Waals surface area contributed by atoms with Crippen LogP contribution in [0.5, 0.6) is 0 Å². The standard InChI is InChI=1S/C14H17F3N6O/c15-14(16,17)11(1-5-18)20-13(24)21-12-4-8-23(22-12)9-10-2-6-19-7-3-10/h2-4,6-8,11H,1,5,9,18H2,(H2,20,21,22,24). The predicted octanol–water partition coefficient (Wildman–Crippen LogP) is 1.73. The number of nitrogens with zero attached hydrogens (tertiary/aromatic N) is 3. The van der Waals surface area contributed by atoms with Gasteiger partial charge in [-0.15, -0.1) is 0 Å². The second-order valence-electron chi connectivity index (χ2n) is 5.02. The van der Waals surface area contributed by atoms with Crippen LogP contribution in [0.4, 0.5) is 23.8 Å². The Labute approximate surface area is 136 Å². The Hall–Kier alpha value is -2.62. The van der Waals surface area contributed by atoms with Gasteiger partial charge in [0.2, 0.25) is 0 Å². The van der Waals surface area contributed by atoms with Crippen LogP contribution in [0.3, 0.4) is 0 Å².